The fourth-order valence-corrected chi connectivity index (χ4v) is 2.32. The zero-order chi connectivity index (χ0) is 14.7. The van der Waals surface area contributed by atoms with E-state index >= 15 is 0 Å². The molecule has 5 nitrogen and oxygen atoms in total. The summed E-state index contributed by atoms with van der Waals surface area (Å²) < 4.78 is 0. The van der Waals surface area contributed by atoms with Crippen LogP contribution in [-0.4, -0.2) is 30.9 Å². The van der Waals surface area contributed by atoms with Crippen LogP contribution in [0.3, 0.4) is 0 Å². The maximum atomic E-state index is 12.3. The number of nitrogens with one attached hydrogen (secondary N) is 1. The second-order valence-electron chi connectivity index (χ2n) is 4.96. The molecular weight excluding hydrogens is 278 g/mol. The Morgan fingerprint density at radius 1 is 1.60 bits per heavy atom. The molecule has 1 aliphatic rings. The van der Waals surface area contributed by atoms with E-state index in [-0.39, 0.29) is 24.3 Å². The summed E-state index contributed by atoms with van der Waals surface area (Å²) in [6.45, 7) is 2.58. The molecule has 0 spiro atoms. The number of halogens is 1. The number of rotatable bonds is 4. The summed E-state index contributed by atoms with van der Waals surface area (Å²) in [5, 5.41) is 3.33. The Morgan fingerprint density at radius 2 is 2.35 bits per heavy atom. The first-order valence-corrected chi connectivity index (χ1v) is 6.98. The van der Waals surface area contributed by atoms with Crippen LogP contribution in [0, 0.1) is 5.92 Å². The molecule has 0 radical (unpaired) electrons. The molecule has 0 bridgehead atoms. The SMILES string of the molecule is CC(CN)C(=O)NC1CCN(c2cccc(Cl)c2)C1=O. The normalized spacial score (nSPS) is 20.1. The fraction of sp³-hybridized carbons (Fsp3) is 0.429. The monoisotopic (exact) mass is 295 g/mol. The Balaban J connectivity index is 2.04. The maximum Gasteiger partial charge on any atom is 0.249 e. The van der Waals surface area contributed by atoms with E-state index in [0.29, 0.717) is 18.0 Å². The summed E-state index contributed by atoms with van der Waals surface area (Å²) in [4.78, 5) is 25.7. The van der Waals surface area contributed by atoms with Crippen LogP contribution in [0.25, 0.3) is 0 Å². The summed E-state index contributed by atoms with van der Waals surface area (Å²) in [5.74, 6) is -0.577. The van der Waals surface area contributed by atoms with Gasteiger partial charge in [-0.15, -0.1) is 0 Å². The minimum absolute atomic E-state index is 0.107. The van der Waals surface area contributed by atoms with Gasteiger partial charge in [0.25, 0.3) is 0 Å². The Kier molecular flexibility index (Phi) is 4.62. The largest absolute Gasteiger partial charge is 0.344 e. The number of nitrogens with zero attached hydrogens (tertiary/aromatic N) is 1. The third kappa shape index (κ3) is 3.11. The molecule has 0 aliphatic carbocycles. The highest BCUT2D eigenvalue weighted by Crippen LogP contribution is 2.24. The van der Waals surface area contributed by atoms with E-state index in [4.69, 9.17) is 17.3 Å². The van der Waals surface area contributed by atoms with Crippen LogP contribution in [0.2, 0.25) is 5.02 Å². The molecular formula is C14H18ClN3O2. The van der Waals surface area contributed by atoms with Crippen LogP contribution in [0.5, 0.6) is 0 Å². The molecule has 2 rings (SSSR count). The van der Waals surface area contributed by atoms with Gasteiger partial charge in [-0.1, -0.05) is 24.6 Å². The average molecular weight is 296 g/mol. The standard InChI is InChI=1S/C14H18ClN3O2/c1-9(8-16)13(19)17-12-5-6-18(14(12)20)11-4-2-3-10(15)7-11/h2-4,7,9,12H,5-6,8,16H2,1H3,(H,17,19). The van der Waals surface area contributed by atoms with Crippen molar-refractivity contribution in [1.82, 2.24) is 5.32 Å². The van der Waals surface area contributed by atoms with Gasteiger partial charge in [-0.3, -0.25) is 9.59 Å². The summed E-state index contributed by atoms with van der Waals surface area (Å²) in [5.41, 5.74) is 6.20. The van der Waals surface area contributed by atoms with Gasteiger partial charge in [0.05, 0.1) is 0 Å². The van der Waals surface area contributed by atoms with Crippen LogP contribution >= 0.6 is 11.6 Å². The number of nitrogens with two attached hydrogens (primary N) is 1. The molecule has 6 heteroatoms. The quantitative estimate of drug-likeness (QED) is 0.875. The van der Waals surface area contributed by atoms with E-state index < -0.39 is 6.04 Å². The topological polar surface area (TPSA) is 75.4 Å². The molecule has 1 aromatic carbocycles. The molecule has 0 saturated carbocycles. The van der Waals surface area contributed by atoms with Crippen molar-refractivity contribution in [3.63, 3.8) is 0 Å². The molecule has 1 aromatic rings. The smallest absolute Gasteiger partial charge is 0.249 e. The van der Waals surface area contributed by atoms with E-state index in [2.05, 4.69) is 5.32 Å². The number of carbonyl (C=O) groups excluding carboxylic acids is 2. The lowest BCUT2D eigenvalue weighted by atomic mass is 10.1. The summed E-state index contributed by atoms with van der Waals surface area (Å²) in [7, 11) is 0. The Bertz CT molecular complexity index is 521. The van der Waals surface area contributed by atoms with Gasteiger partial charge < -0.3 is 16.0 Å². The van der Waals surface area contributed by atoms with Gasteiger partial charge in [-0.2, -0.15) is 0 Å². The molecule has 3 N–H and O–H groups in total. The highest BCUT2D eigenvalue weighted by molar-refractivity contribution is 6.31. The van der Waals surface area contributed by atoms with Crippen molar-refractivity contribution < 1.29 is 9.59 Å². The van der Waals surface area contributed by atoms with Crippen LogP contribution < -0.4 is 16.0 Å². The number of amides is 2. The third-order valence-electron chi connectivity index (χ3n) is 3.44. The zero-order valence-electron chi connectivity index (χ0n) is 11.3. The Morgan fingerprint density at radius 3 is 3.00 bits per heavy atom. The average Bonchev–Trinajstić information content (AvgIpc) is 2.79. The predicted octanol–water partition coefficient (Wildman–Crippen LogP) is 1.16. The number of carbonyl (C=O) groups is 2. The van der Waals surface area contributed by atoms with Crippen molar-refractivity contribution in [2.24, 2.45) is 11.7 Å². The van der Waals surface area contributed by atoms with Crippen molar-refractivity contribution >= 4 is 29.1 Å². The molecule has 108 valence electrons. The van der Waals surface area contributed by atoms with Gasteiger partial charge in [0.1, 0.15) is 6.04 Å². The maximum absolute atomic E-state index is 12.3. The van der Waals surface area contributed by atoms with E-state index in [0.717, 1.165) is 5.69 Å². The van der Waals surface area contributed by atoms with Gasteiger partial charge in [-0.05, 0) is 24.6 Å². The molecule has 0 aromatic heterocycles. The molecule has 2 unspecified atom stereocenters. The van der Waals surface area contributed by atoms with Gasteiger partial charge in [0.15, 0.2) is 0 Å². The molecule has 1 saturated heterocycles. The van der Waals surface area contributed by atoms with Crippen LogP contribution in [0.1, 0.15) is 13.3 Å². The molecule has 1 aliphatic heterocycles. The second-order valence-corrected chi connectivity index (χ2v) is 5.39. The molecule has 1 fully saturated rings. The summed E-state index contributed by atoms with van der Waals surface area (Å²) >= 11 is 5.93. The lowest BCUT2D eigenvalue weighted by Gasteiger charge is -2.18. The molecule has 2 atom stereocenters. The first kappa shape index (κ1) is 14.8. The number of benzene rings is 1. The Labute approximate surface area is 123 Å². The number of hydrogen-bond acceptors (Lipinski definition) is 3. The minimum Gasteiger partial charge on any atom is -0.344 e. The lowest BCUT2D eigenvalue weighted by molar-refractivity contribution is -0.128. The van der Waals surface area contributed by atoms with Crippen LogP contribution in [0.15, 0.2) is 24.3 Å². The van der Waals surface area contributed by atoms with Gasteiger partial charge in [0.2, 0.25) is 11.8 Å². The van der Waals surface area contributed by atoms with Gasteiger partial charge in [-0.25, -0.2) is 0 Å². The van der Waals surface area contributed by atoms with Crippen molar-refractivity contribution in [2.45, 2.75) is 19.4 Å². The van der Waals surface area contributed by atoms with Crippen molar-refractivity contribution in [2.75, 3.05) is 18.0 Å². The van der Waals surface area contributed by atoms with Crippen LogP contribution in [0.4, 0.5) is 5.69 Å². The van der Waals surface area contributed by atoms with E-state index in [9.17, 15) is 9.59 Å². The van der Waals surface area contributed by atoms with E-state index in [1.165, 1.54) is 0 Å². The second kappa shape index (κ2) is 6.24. The summed E-state index contributed by atoms with van der Waals surface area (Å²) in [6.07, 6.45) is 0.592. The molecule has 1 heterocycles. The molecule has 2 amide bonds. The van der Waals surface area contributed by atoms with Gasteiger partial charge >= 0.3 is 0 Å². The molecule has 20 heavy (non-hydrogen) atoms. The number of anilines is 1. The zero-order valence-corrected chi connectivity index (χ0v) is 12.1. The lowest BCUT2D eigenvalue weighted by Crippen LogP contribution is -2.44. The van der Waals surface area contributed by atoms with Crippen molar-refractivity contribution in [3.05, 3.63) is 29.3 Å². The van der Waals surface area contributed by atoms with Gasteiger partial charge in [0, 0.05) is 29.7 Å². The highest BCUT2D eigenvalue weighted by atomic mass is 35.5. The first-order chi connectivity index (χ1) is 9.52. The highest BCUT2D eigenvalue weighted by Gasteiger charge is 2.34. The minimum atomic E-state index is -0.476. The van der Waals surface area contributed by atoms with Crippen molar-refractivity contribution in [1.29, 1.82) is 0 Å². The summed E-state index contributed by atoms with van der Waals surface area (Å²) in [6, 6.07) is 6.65. The van der Waals surface area contributed by atoms with Crippen molar-refractivity contribution in [3.8, 4) is 0 Å². The number of hydrogen-bond donors (Lipinski definition) is 2. The predicted molar refractivity (Wildman–Crippen MR) is 78.6 cm³/mol. The fourth-order valence-electron chi connectivity index (χ4n) is 2.14. The third-order valence-corrected chi connectivity index (χ3v) is 3.68. The van der Waals surface area contributed by atoms with E-state index in [1.54, 1.807) is 30.0 Å². The first-order valence-electron chi connectivity index (χ1n) is 6.60. The van der Waals surface area contributed by atoms with Crippen LogP contribution in [-0.2, 0) is 9.59 Å². The van der Waals surface area contributed by atoms with E-state index in [1.807, 2.05) is 6.07 Å². The Hall–Kier alpha value is -1.59.